The molecule has 4 heterocycles. The predicted molar refractivity (Wildman–Crippen MR) is 127 cm³/mol. The minimum Gasteiger partial charge on any atom is -0.485 e. The third-order valence-electron chi connectivity index (χ3n) is 5.71. The molecular formula is C24H29N5O4. The van der Waals surface area contributed by atoms with Crippen LogP contribution >= 0.6 is 0 Å². The smallest absolute Gasteiger partial charge is 0.257 e. The van der Waals surface area contributed by atoms with Gasteiger partial charge in [-0.25, -0.2) is 4.98 Å². The lowest BCUT2D eigenvalue weighted by molar-refractivity contribution is 0.0298. The zero-order valence-corrected chi connectivity index (χ0v) is 18.9. The first kappa shape index (κ1) is 21.4. The van der Waals surface area contributed by atoms with E-state index in [1.165, 1.54) is 0 Å². The van der Waals surface area contributed by atoms with Crippen molar-refractivity contribution in [2.75, 3.05) is 56.7 Å². The number of aromatic amines is 1. The number of benzene rings is 1. The van der Waals surface area contributed by atoms with Gasteiger partial charge in [0.25, 0.3) is 5.91 Å². The molecule has 0 unspecified atom stereocenters. The van der Waals surface area contributed by atoms with E-state index in [0.29, 0.717) is 74.0 Å². The maximum atomic E-state index is 13.1. The zero-order valence-electron chi connectivity index (χ0n) is 18.9. The number of carbonyl (C=O) groups excluding carboxylic acids is 1. The molecule has 1 saturated heterocycles. The van der Waals surface area contributed by atoms with Crippen LogP contribution in [0.2, 0.25) is 0 Å². The predicted octanol–water partition coefficient (Wildman–Crippen LogP) is 3.62. The first-order chi connectivity index (χ1) is 16.1. The number of anilines is 3. The molecule has 1 aromatic carbocycles. The summed E-state index contributed by atoms with van der Waals surface area (Å²) in [5, 5.41) is 7.91. The molecule has 9 heteroatoms. The number of carbonyl (C=O) groups is 1. The van der Waals surface area contributed by atoms with Crippen molar-refractivity contribution in [2.45, 2.75) is 13.8 Å². The van der Waals surface area contributed by atoms with Crippen LogP contribution in [0, 0.1) is 5.92 Å². The summed E-state index contributed by atoms with van der Waals surface area (Å²) in [6, 6.07) is 7.64. The molecule has 0 bridgehead atoms. The van der Waals surface area contributed by atoms with Gasteiger partial charge in [0, 0.05) is 43.0 Å². The summed E-state index contributed by atoms with van der Waals surface area (Å²) in [5.74, 6) is 2.11. The maximum Gasteiger partial charge on any atom is 0.257 e. The van der Waals surface area contributed by atoms with Crippen molar-refractivity contribution in [3.8, 4) is 11.5 Å². The van der Waals surface area contributed by atoms with Crippen molar-refractivity contribution in [3.05, 3.63) is 36.0 Å². The fraction of sp³-hybridized carbons (Fsp3) is 0.417. The number of pyridine rings is 1. The van der Waals surface area contributed by atoms with Gasteiger partial charge in [-0.3, -0.25) is 4.79 Å². The molecule has 9 nitrogen and oxygen atoms in total. The van der Waals surface area contributed by atoms with Gasteiger partial charge in [0.2, 0.25) is 0 Å². The molecule has 0 saturated carbocycles. The molecule has 33 heavy (non-hydrogen) atoms. The molecule has 0 spiro atoms. The van der Waals surface area contributed by atoms with E-state index in [4.69, 9.17) is 19.2 Å². The van der Waals surface area contributed by atoms with Gasteiger partial charge in [-0.15, -0.1) is 0 Å². The summed E-state index contributed by atoms with van der Waals surface area (Å²) >= 11 is 0. The fourth-order valence-corrected chi connectivity index (χ4v) is 4.04. The van der Waals surface area contributed by atoms with Crippen molar-refractivity contribution in [1.82, 2.24) is 14.9 Å². The maximum absolute atomic E-state index is 13.1. The van der Waals surface area contributed by atoms with Crippen molar-refractivity contribution in [2.24, 2.45) is 5.92 Å². The van der Waals surface area contributed by atoms with Gasteiger partial charge in [0.15, 0.2) is 11.5 Å². The minimum atomic E-state index is -0.0716. The van der Waals surface area contributed by atoms with E-state index in [1.807, 2.05) is 24.4 Å². The van der Waals surface area contributed by atoms with Crippen molar-refractivity contribution in [1.29, 1.82) is 0 Å². The Hall–Kier alpha value is -3.46. The van der Waals surface area contributed by atoms with Crippen LogP contribution in [0.25, 0.3) is 11.0 Å². The Kier molecular flexibility index (Phi) is 5.95. The van der Waals surface area contributed by atoms with Crippen molar-refractivity contribution >= 4 is 34.1 Å². The van der Waals surface area contributed by atoms with Crippen molar-refractivity contribution < 1.29 is 19.0 Å². The Labute approximate surface area is 192 Å². The van der Waals surface area contributed by atoms with Gasteiger partial charge in [-0.2, -0.15) is 0 Å². The number of aromatic nitrogens is 2. The molecule has 3 N–H and O–H groups in total. The monoisotopic (exact) mass is 451 g/mol. The summed E-state index contributed by atoms with van der Waals surface area (Å²) in [6.07, 6.45) is 1.88. The van der Waals surface area contributed by atoms with E-state index in [9.17, 15) is 4.79 Å². The lowest BCUT2D eigenvalue weighted by Gasteiger charge is -2.29. The highest BCUT2D eigenvalue weighted by Crippen LogP contribution is 2.42. The molecule has 2 aliphatic heterocycles. The molecule has 2 aliphatic rings. The Morgan fingerprint density at radius 2 is 1.88 bits per heavy atom. The Balaban J connectivity index is 1.46. The third-order valence-corrected chi connectivity index (χ3v) is 5.71. The number of rotatable bonds is 6. The number of ether oxygens (including phenoxy) is 3. The van der Waals surface area contributed by atoms with E-state index < -0.39 is 0 Å². The first-order valence-corrected chi connectivity index (χ1v) is 11.4. The van der Waals surface area contributed by atoms with E-state index in [0.717, 1.165) is 23.3 Å². The highest BCUT2D eigenvalue weighted by Gasteiger charge is 2.28. The van der Waals surface area contributed by atoms with Crippen LogP contribution in [0.3, 0.4) is 0 Å². The van der Waals surface area contributed by atoms with Gasteiger partial charge in [-0.05, 0) is 24.1 Å². The second kappa shape index (κ2) is 9.19. The molecule has 3 aromatic rings. The Bertz CT molecular complexity index is 1150. The number of nitrogens with one attached hydrogen (secondary N) is 3. The standard InChI is InChI=1S/C24H29N5O4/c1-15(2)14-26-19-13-20(28-23-16(19)5-6-25-23)27-18-4-3-17(21-22(18)33-12-11-32-21)24(30)29-7-9-31-10-8-29/h3-6,13,15H,7-12,14H2,1-2H3,(H3,25,26,27,28). The van der Waals surface area contributed by atoms with Crippen molar-refractivity contribution in [3.63, 3.8) is 0 Å². The number of morpholine rings is 1. The van der Waals surface area contributed by atoms with Gasteiger partial charge in [-0.1, -0.05) is 13.8 Å². The molecule has 174 valence electrons. The number of H-pyrrole nitrogens is 1. The molecule has 1 amide bonds. The van der Waals surface area contributed by atoms with Crippen LogP contribution in [0.15, 0.2) is 30.5 Å². The summed E-state index contributed by atoms with van der Waals surface area (Å²) in [4.78, 5) is 22.8. The third kappa shape index (κ3) is 4.41. The summed E-state index contributed by atoms with van der Waals surface area (Å²) in [6.45, 7) is 8.25. The molecule has 0 atom stereocenters. The Morgan fingerprint density at radius 1 is 1.09 bits per heavy atom. The number of hydrogen-bond acceptors (Lipinski definition) is 7. The van der Waals surface area contributed by atoms with Crippen LogP contribution in [0.1, 0.15) is 24.2 Å². The number of nitrogens with zero attached hydrogens (tertiary/aromatic N) is 2. The first-order valence-electron chi connectivity index (χ1n) is 11.4. The van der Waals surface area contributed by atoms with Gasteiger partial charge in [0.05, 0.1) is 24.5 Å². The van der Waals surface area contributed by atoms with E-state index in [1.54, 1.807) is 11.0 Å². The number of amides is 1. The average Bonchev–Trinajstić information content (AvgIpc) is 3.32. The zero-order chi connectivity index (χ0) is 22.8. The van der Waals surface area contributed by atoms with Crippen LogP contribution < -0.4 is 20.1 Å². The van der Waals surface area contributed by atoms with Gasteiger partial charge >= 0.3 is 0 Å². The quantitative estimate of drug-likeness (QED) is 0.526. The fourth-order valence-electron chi connectivity index (χ4n) is 4.04. The van der Waals surface area contributed by atoms with E-state index >= 15 is 0 Å². The molecule has 1 fully saturated rings. The van der Waals surface area contributed by atoms with Gasteiger partial charge in [0.1, 0.15) is 24.7 Å². The van der Waals surface area contributed by atoms with Crippen LogP contribution in [0.4, 0.5) is 17.2 Å². The molecule has 0 aliphatic carbocycles. The van der Waals surface area contributed by atoms with Gasteiger partial charge < -0.3 is 34.7 Å². The lowest BCUT2D eigenvalue weighted by atomic mass is 10.1. The SMILES string of the molecule is CC(C)CNc1cc(Nc2ccc(C(=O)N3CCOCC3)c3c2OCCO3)nc2[nH]ccc12. The topological polar surface area (TPSA) is 101 Å². The second-order valence-electron chi connectivity index (χ2n) is 8.62. The summed E-state index contributed by atoms with van der Waals surface area (Å²) < 4.78 is 17.2. The highest BCUT2D eigenvalue weighted by atomic mass is 16.6. The van der Waals surface area contributed by atoms with Crippen LogP contribution in [-0.2, 0) is 4.74 Å². The summed E-state index contributed by atoms with van der Waals surface area (Å²) in [7, 11) is 0. The minimum absolute atomic E-state index is 0.0716. The number of fused-ring (bicyclic) bond motifs is 2. The van der Waals surface area contributed by atoms with Crippen LogP contribution in [-0.4, -0.2) is 66.8 Å². The molecule has 5 rings (SSSR count). The van der Waals surface area contributed by atoms with E-state index in [-0.39, 0.29) is 5.91 Å². The molecule has 0 radical (unpaired) electrons. The summed E-state index contributed by atoms with van der Waals surface area (Å²) in [5.41, 5.74) is 3.00. The molecule has 2 aromatic heterocycles. The molecular weight excluding hydrogens is 422 g/mol. The normalized spacial score (nSPS) is 15.7. The average molecular weight is 452 g/mol. The number of hydrogen-bond donors (Lipinski definition) is 3. The highest BCUT2D eigenvalue weighted by molar-refractivity contribution is 5.99. The van der Waals surface area contributed by atoms with Crippen LogP contribution in [0.5, 0.6) is 11.5 Å². The largest absolute Gasteiger partial charge is 0.485 e. The van der Waals surface area contributed by atoms with E-state index in [2.05, 4.69) is 29.5 Å². The lowest BCUT2D eigenvalue weighted by Crippen LogP contribution is -2.41. The second-order valence-corrected chi connectivity index (χ2v) is 8.62. The Morgan fingerprint density at radius 3 is 2.67 bits per heavy atom.